The summed E-state index contributed by atoms with van der Waals surface area (Å²) < 4.78 is 57.0. The number of amides is 3. The van der Waals surface area contributed by atoms with Gasteiger partial charge in [-0.15, -0.1) is 0 Å². The zero-order valence-corrected chi connectivity index (χ0v) is 18.5. The highest BCUT2D eigenvalue weighted by atomic mass is 35.5. The number of hydrogen-bond acceptors (Lipinski definition) is 3. The van der Waals surface area contributed by atoms with Gasteiger partial charge in [-0.2, -0.15) is 13.2 Å². The molecule has 6 nitrogen and oxygen atoms in total. The van der Waals surface area contributed by atoms with Crippen LogP contribution in [0.3, 0.4) is 0 Å². The summed E-state index contributed by atoms with van der Waals surface area (Å²) in [7, 11) is 0. The van der Waals surface area contributed by atoms with Crippen molar-refractivity contribution < 1.29 is 31.9 Å². The van der Waals surface area contributed by atoms with Crippen molar-refractivity contribution in [1.82, 2.24) is 10.2 Å². The fourth-order valence-corrected chi connectivity index (χ4v) is 5.41. The molecule has 2 aromatic rings. The van der Waals surface area contributed by atoms with Crippen molar-refractivity contribution in [3.63, 3.8) is 0 Å². The van der Waals surface area contributed by atoms with Crippen LogP contribution in [-0.4, -0.2) is 47.6 Å². The van der Waals surface area contributed by atoms with E-state index >= 15 is 0 Å². The Kier molecular flexibility index (Phi) is 5.20. The van der Waals surface area contributed by atoms with Crippen LogP contribution < -0.4 is 15.0 Å². The molecule has 1 N–H and O–H groups in total. The van der Waals surface area contributed by atoms with Gasteiger partial charge in [-0.1, -0.05) is 11.6 Å². The maximum absolute atomic E-state index is 13.4. The second-order valence-corrected chi connectivity index (χ2v) is 9.51. The van der Waals surface area contributed by atoms with Crippen LogP contribution in [0.2, 0.25) is 5.02 Å². The number of ether oxygens (including phenoxy) is 1. The Labute approximate surface area is 197 Å². The van der Waals surface area contributed by atoms with Crippen LogP contribution >= 0.6 is 11.6 Å². The van der Waals surface area contributed by atoms with Crippen molar-refractivity contribution in [2.75, 3.05) is 24.6 Å². The minimum absolute atomic E-state index is 0.0814. The van der Waals surface area contributed by atoms with Gasteiger partial charge in [0.05, 0.1) is 11.1 Å². The van der Waals surface area contributed by atoms with E-state index in [1.165, 1.54) is 0 Å². The Hall–Kier alpha value is -3.01. The Bertz CT molecular complexity index is 1140. The maximum atomic E-state index is 13.4. The molecule has 6 rings (SSSR count). The van der Waals surface area contributed by atoms with E-state index in [0.29, 0.717) is 49.5 Å². The van der Waals surface area contributed by atoms with Gasteiger partial charge in [0, 0.05) is 29.3 Å². The first-order valence-electron chi connectivity index (χ1n) is 10.7. The topological polar surface area (TPSA) is 61.9 Å². The average molecular weight is 498 g/mol. The molecule has 1 heterocycles. The van der Waals surface area contributed by atoms with E-state index < -0.39 is 35.6 Å². The molecular formula is C23H20ClF4N3O3. The van der Waals surface area contributed by atoms with Gasteiger partial charge >= 0.3 is 12.2 Å². The number of alkyl halides is 3. The van der Waals surface area contributed by atoms with E-state index in [2.05, 4.69) is 5.32 Å². The van der Waals surface area contributed by atoms with Gasteiger partial charge < -0.3 is 15.0 Å². The summed E-state index contributed by atoms with van der Waals surface area (Å²) in [4.78, 5) is 28.8. The number of rotatable bonds is 6. The van der Waals surface area contributed by atoms with Crippen LogP contribution in [-0.2, 0) is 11.0 Å². The molecule has 1 aliphatic heterocycles. The fraction of sp³-hybridized carbons (Fsp3) is 0.391. The largest absolute Gasteiger partial charge is 0.484 e. The molecule has 4 fully saturated rings. The summed E-state index contributed by atoms with van der Waals surface area (Å²) in [6, 6.07) is 9.21. The van der Waals surface area contributed by atoms with Crippen molar-refractivity contribution in [1.29, 1.82) is 0 Å². The van der Waals surface area contributed by atoms with Crippen molar-refractivity contribution >= 4 is 29.2 Å². The molecule has 34 heavy (non-hydrogen) atoms. The standard InChI is InChI=1S/C23H20ClF4N3O3/c24-14-1-3-15(4-2-14)30-7-8-31(20(30)33)22-11-21(12-22,13-22)29-19(32)10-34-16-5-6-18(25)17(9-16)23(26,27)28/h1-6,9H,7-8,10-13H2,(H,29,32). The van der Waals surface area contributed by atoms with E-state index in [-0.39, 0.29) is 17.3 Å². The van der Waals surface area contributed by atoms with Gasteiger partial charge in [-0.3, -0.25) is 9.69 Å². The lowest BCUT2D eigenvalue weighted by Crippen LogP contribution is -2.84. The highest BCUT2D eigenvalue weighted by Crippen LogP contribution is 2.64. The van der Waals surface area contributed by atoms with Crippen molar-refractivity contribution in [2.24, 2.45) is 0 Å². The van der Waals surface area contributed by atoms with Crippen molar-refractivity contribution in [3.8, 4) is 5.75 Å². The summed E-state index contributed by atoms with van der Waals surface area (Å²) in [6.45, 7) is 0.651. The molecule has 0 radical (unpaired) electrons. The van der Waals surface area contributed by atoms with E-state index in [1.807, 2.05) is 4.90 Å². The summed E-state index contributed by atoms with van der Waals surface area (Å²) >= 11 is 5.92. The predicted octanol–water partition coefficient (Wildman–Crippen LogP) is 4.61. The van der Waals surface area contributed by atoms with Gasteiger partial charge in [-0.05, 0) is 61.7 Å². The van der Waals surface area contributed by atoms with Gasteiger partial charge in [0.25, 0.3) is 5.91 Å². The van der Waals surface area contributed by atoms with E-state index in [9.17, 15) is 27.2 Å². The monoisotopic (exact) mass is 497 g/mol. The molecule has 3 amide bonds. The Morgan fingerprint density at radius 3 is 2.41 bits per heavy atom. The highest BCUT2D eigenvalue weighted by molar-refractivity contribution is 6.30. The lowest BCUT2D eigenvalue weighted by atomic mass is 9.43. The number of carbonyl (C=O) groups is 2. The lowest BCUT2D eigenvalue weighted by Gasteiger charge is -2.72. The van der Waals surface area contributed by atoms with Crippen LogP contribution in [0.4, 0.5) is 28.0 Å². The van der Waals surface area contributed by atoms with Gasteiger partial charge in [-0.25, -0.2) is 9.18 Å². The molecule has 2 aromatic carbocycles. The third kappa shape index (κ3) is 3.83. The molecule has 2 bridgehead atoms. The number of hydrogen-bond donors (Lipinski definition) is 1. The van der Waals surface area contributed by atoms with E-state index in [4.69, 9.17) is 16.3 Å². The van der Waals surface area contributed by atoms with Gasteiger partial charge in [0.15, 0.2) is 6.61 Å². The number of nitrogens with zero attached hydrogens (tertiary/aromatic N) is 2. The molecule has 11 heteroatoms. The number of carbonyl (C=O) groups excluding carboxylic acids is 2. The molecule has 0 spiro atoms. The summed E-state index contributed by atoms with van der Waals surface area (Å²) in [5.74, 6) is -2.14. The Morgan fingerprint density at radius 1 is 1.09 bits per heavy atom. The van der Waals surface area contributed by atoms with Crippen LogP contribution in [0.5, 0.6) is 5.75 Å². The summed E-state index contributed by atoms with van der Waals surface area (Å²) in [6.07, 6.45) is -3.02. The third-order valence-corrected chi connectivity index (χ3v) is 6.99. The Balaban J connectivity index is 1.13. The second kappa shape index (κ2) is 7.76. The SMILES string of the molecule is O=C(COc1ccc(F)c(C(F)(F)F)c1)NC12CC(N3CCN(c4ccc(Cl)cc4)C3=O)(C1)C2. The number of urea groups is 1. The van der Waals surface area contributed by atoms with Crippen molar-refractivity contribution in [3.05, 3.63) is 58.9 Å². The Morgan fingerprint density at radius 2 is 1.76 bits per heavy atom. The molecule has 0 unspecified atom stereocenters. The molecule has 3 saturated carbocycles. The quantitative estimate of drug-likeness (QED) is 0.593. The van der Waals surface area contributed by atoms with Crippen LogP contribution in [0.1, 0.15) is 24.8 Å². The predicted molar refractivity (Wildman–Crippen MR) is 115 cm³/mol. The highest BCUT2D eigenvalue weighted by Gasteiger charge is 2.72. The molecule has 0 atom stereocenters. The lowest BCUT2D eigenvalue weighted by molar-refractivity contribution is -0.165. The molecule has 1 saturated heterocycles. The van der Waals surface area contributed by atoms with E-state index in [0.717, 1.165) is 11.8 Å². The van der Waals surface area contributed by atoms with Gasteiger partial charge in [0.1, 0.15) is 11.6 Å². The van der Waals surface area contributed by atoms with Crippen LogP contribution in [0, 0.1) is 5.82 Å². The number of halogens is 5. The number of benzene rings is 2. The van der Waals surface area contributed by atoms with Crippen LogP contribution in [0.25, 0.3) is 0 Å². The second-order valence-electron chi connectivity index (χ2n) is 9.07. The minimum atomic E-state index is -4.86. The maximum Gasteiger partial charge on any atom is 0.419 e. The fourth-order valence-electron chi connectivity index (χ4n) is 5.28. The zero-order chi connectivity index (χ0) is 24.3. The first-order chi connectivity index (χ1) is 16.0. The average Bonchev–Trinajstić information content (AvgIpc) is 3.10. The normalized spacial score (nSPS) is 25.6. The first kappa shape index (κ1) is 22.8. The number of anilines is 1. The minimum Gasteiger partial charge on any atom is -0.484 e. The number of nitrogens with one attached hydrogen (secondary N) is 1. The summed E-state index contributed by atoms with van der Waals surface area (Å²) in [5, 5.41) is 3.46. The first-order valence-corrected chi connectivity index (χ1v) is 11.0. The zero-order valence-electron chi connectivity index (χ0n) is 17.8. The summed E-state index contributed by atoms with van der Waals surface area (Å²) in [5.41, 5.74) is -1.40. The molecular weight excluding hydrogens is 478 g/mol. The molecule has 4 aliphatic rings. The molecule has 180 valence electrons. The molecule has 0 aromatic heterocycles. The van der Waals surface area contributed by atoms with E-state index in [1.54, 1.807) is 29.2 Å². The smallest absolute Gasteiger partial charge is 0.419 e. The van der Waals surface area contributed by atoms with Gasteiger partial charge in [0.2, 0.25) is 0 Å². The third-order valence-electron chi connectivity index (χ3n) is 6.74. The molecule has 3 aliphatic carbocycles. The van der Waals surface area contributed by atoms with Crippen molar-refractivity contribution in [2.45, 2.75) is 36.5 Å². The van der Waals surface area contributed by atoms with Crippen LogP contribution in [0.15, 0.2) is 42.5 Å².